The van der Waals surface area contributed by atoms with Crippen molar-refractivity contribution in [2.45, 2.75) is 4.90 Å². The molecule has 0 spiro atoms. The minimum Gasteiger partial charge on any atom is -0.497 e. The highest BCUT2D eigenvalue weighted by Crippen LogP contribution is 2.21. The molecule has 0 saturated heterocycles. The average Bonchev–Trinajstić information content (AvgIpc) is 2.74. The number of methoxy groups -OCH3 is 1. The number of rotatable bonds is 7. The van der Waals surface area contributed by atoms with Crippen molar-refractivity contribution in [1.29, 1.82) is 0 Å². The number of hydrogen-bond donors (Lipinski definition) is 2. The number of carbonyl (C=O) groups excluding carboxylic acids is 2. The number of thioether (sulfide) groups is 1. The number of anilines is 2. The van der Waals surface area contributed by atoms with Gasteiger partial charge in [-0.15, -0.1) is 11.8 Å². The Balaban J connectivity index is 1.50. The summed E-state index contributed by atoms with van der Waals surface area (Å²) in [5.41, 5.74) is 1.95. The van der Waals surface area contributed by atoms with Crippen LogP contribution >= 0.6 is 11.8 Å². The number of hydrogen-bond acceptors (Lipinski definition) is 5. The van der Waals surface area contributed by atoms with Crippen LogP contribution in [-0.2, 0) is 4.79 Å². The van der Waals surface area contributed by atoms with Crippen molar-refractivity contribution in [3.63, 3.8) is 0 Å². The van der Waals surface area contributed by atoms with Gasteiger partial charge in [0.25, 0.3) is 5.91 Å². The molecule has 0 radical (unpaired) electrons. The second-order valence-corrected chi connectivity index (χ2v) is 6.83. The molecule has 2 amide bonds. The SMILES string of the molecule is COc1ccc(C(=O)Nc2ccc(SCC(=O)Nc3ccncc3)cc2)cc1. The van der Waals surface area contributed by atoms with Crippen molar-refractivity contribution in [2.24, 2.45) is 0 Å². The van der Waals surface area contributed by atoms with Crippen LogP contribution in [0.4, 0.5) is 11.4 Å². The van der Waals surface area contributed by atoms with E-state index in [2.05, 4.69) is 15.6 Å². The van der Waals surface area contributed by atoms with Crippen LogP contribution in [0.5, 0.6) is 5.75 Å². The zero-order chi connectivity index (χ0) is 19.8. The molecule has 2 N–H and O–H groups in total. The number of ether oxygens (including phenoxy) is 1. The number of pyridine rings is 1. The molecule has 1 heterocycles. The van der Waals surface area contributed by atoms with E-state index in [1.165, 1.54) is 11.8 Å². The van der Waals surface area contributed by atoms with Crippen LogP contribution in [0.1, 0.15) is 10.4 Å². The summed E-state index contributed by atoms with van der Waals surface area (Å²) >= 11 is 1.42. The van der Waals surface area contributed by atoms with Crippen molar-refractivity contribution in [3.8, 4) is 5.75 Å². The fraction of sp³-hybridized carbons (Fsp3) is 0.0952. The summed E-state index contributed by atoms with van der Waals surface area (Å²) in [6.07, 6.45) is 3.25. The number of carbonyl (C=O) groups is 2. The van der Waals surface area contributed by atoms with Crippen molar-refractivity contribution in [1.82, 2.24) is 4.98 Å². The van der Waals surface area contributed by atoms with Gasteiger partial charge in [0.15, 0.2) is 0 Å². The van der Waals surface area contributed by atoms with Crippen molar-refractivity contribution < 1.29 is 14.3 Å². The Morgan fingerprint density at radius 1 is 0.893 bits per heavy atom. The predicted molar refractivity (Wildman–Crippen MR) is 111 cm³/mol. The monoisotopic (exact) mass is 393 g/mol. The zero-order valence-electron chi connectivity index (χ0n) is 15.2. The van der Waals surface area contributed by atoms with E-state index in [9.17, 15) is 9.59 Å². The topological polar surface area (TPSA) is 80.3 Å². The molecule has 0 aliphatic heterocycles. The van der Waals surface area contributed by atoms with E-state index >= 15 is 0 Å². The van der Waals surface area contributed by atoms with Gasteiger partial charge in [-0.1, -0.05) is 0 Å². The molecule has 3 rings (SSSR count). The average molecular weight is 393 g/mol. The molecule has 1 aromatic heterocycles. The highest BCUT2D eigenvalue weighted by Gasteiger charge is 2.07. The molecule has 0 atom stereocenters. The third-order valence-corrected chi connectivity index (χ3v) is 4.81. The minimum atomic E-state index is -0.195. The van der Waals surface area contributed by atoms with Gasteiger partial charge >= 0.3 is 0 Å². The standard InChI is InChI=1S/C21H19N3O3S/c1-27-18-6-2-15(3-7-18)21(26)24-16-4-8-19(9-5-16)28-14-20(25)23-17-10-12-22-13-11-17/h2-13H,14H2,1H3,(H,24,26)(H,22,23,25). The van der Waals surface area contributed by atoms with E-state index in [-0.39, 0.29) is 11.8 Å². The summed E-state index contributed by atoms with van der Waals surface area (Å²) in [5.74, 6) is 0.707. The van der Waals surface area contributed by atoms with E-state index < -0.39 is 0 Å². The minimum absolute atomic E-state index is 0.0897. The van der Waals surface area contributed by atoms with E-state index in [4.69, 9.17) is 4.74 Å². The first-order chi connectivity index (χ1) is 13.6. The van der Waals surface area contributed by atoms with Gasteiger partial charge in [0.1, 0.15) is 5.75 Å². The summed E-state index contributed by atoms with van der Waals surface area (Å²) in [6, 6.07) is 17.7. The van der Waals surface area contributed by atoms with Gasteiger partial charge in [-0.3, -0.25) is 14.6 Å². The lowest BCUT2D eigenvalue weighted by molar-refractivity contribution is -0.113. The Morgan fingerprint density at radius 2 is 1.54 bits per heavy atom. The molecular formula is C21H19N3O3S. The maximum absolute atomic E-state index is 12.3. The third-order valence-electron chi connectivity index (χ3n) is 3.80. The molecule has 142 valence electrons. The van der Waals surface area contributed by atoms with Crippen LogP contribution < -0.4 is 15.4 Å². The molecule has 6 nitrogen and oxygen atoms in total. The van der Waals surface area contributed by atoms with Gasteiger partial charge in [0.2, 0.25) is 5.91 Å². The maximum atomic E-state index is 12.3. The molecule has 0 bridgehead atoms. The summed E-state index contributed by atoms with van der Waals surface area (Å²) in [7, 11) is 1.58. The van der Waals surface area contributed by atoms with E-state index in [1.54, 1.807) is 55.9 Å². The molecule has 0 aliphatic rings. The Kier molecular flexibility index (Phi) is 6.64. The third kappa shape index (κ3) is 5.59. The van der Waals surface area contributed by atoms with Crippen molar-refractivity contribution in [2.75, 3.05) is 23.5 Å². The Bertz CT molecular complexity index is 929. The van der Waals surface area contributed by atoms with E-state index in [0.29, 0.717) is 22.8 Å². The number of aromatic nitrogens is 1. The molecule has 0 unspecified atom stereocenters. The fourth-order valence-corrected chi connectivity index (χ4v) is 3.06. The van der Waals surface area contributed by atoms with Gasteiger partial charge < -0.3 is 15.4 Å². The summed E-state index contributed by atoms with van der Waals surface area (Å²) in [5, 5.41) is 5.66. The fourth-order valence-electron chi connectivity index (χ4n) is 2.36. The first-order valence-electron chi connectivity index (χ1n) is 8.52. The number of nitrogens with one attached hydrogen (secondary N) is 2. The molecule has 2 aromatic carbocycles. The summed E-state index contributed by atoms with van der Waals surface area (Å²) in [6.45, 7) is 0. The lowest BCUT2D eigenvalue weighted by Gasteiger charge is -2.08. The van der Waals surface area contributed by atoms with Gasteiger partial charge in [-0.05, 0) is 60.7 Å². The van der Waals surface area contributed by atoms with Gasteiger partial charge in [-0.2, -0.15) is 0 Å². The van der Waals surface area contributed by atoms with Crippen LogP contribution in [0.2, 0.25) is 0 Å². The largest absolute Gasteiger partial charge is 0.497 e. The van der Waals surface area contributed by atoms with E-state index in [0.717, 1.165) is 10.6 Å². The van der Waals surface area contributed by atoms with Gasteiger partial charge in [0, 0.05) is 34.2 Å². The Morgan fingerprint density at radius 3 is 2.18 bits per heavy atom. The lowest BCUT2D eigenvalue weighted by atomic mass is 10.2. The molecular weight excluding hydrogens is 374 g/mol. The van der Waals surface area contributed by atoms with Crippen LogP contribution in [0.15, 0.2) is 78.0 Å². The predicted octanol–water partition coefficient (Wildman–Crippen LogP) is 4.07. The normalized spacial score (nSPS) is 10.2. The second-order valence-electron chi connectivity index (χ2n) is 5.78. The van der Waals surface area contributed by atoms with Crippen LogP contribution in [0, 0.1) is 0 Å². The molecule has 28 heavy (non-hydrogen) atoms. The Labute approximate surface area is 167 Å². The number of nitrogens with zero attached hydrogens (tertiary/aromatic N) is 1. The van der Waals surface area contributed by atoms with Gasteiger partial charge in [-0.25, -0.2) is 0 Å². The first kappa shape index (κ1) is 19.4. The van der Waals surface area contributed by atoms with Gasteiger partial charge in [0.05, 0.1) is 12.9 Å². The molecule has 0 fully saturated rings. The second kappa shape index (κ2) is 9.57. The first-order valence-corrected chi connectivity index (χ1v) is 9.51. The summed E-state index contributed by atoms with van der Waals surface area (Å²) < 4.78 is 5.09. The zero-order valence-corrected chi connectivity index (χ0v) is 16.0. The molecule has 0 aliphatic carbocycles. The number of amides is 2. The highest BCUT2D eigenvalue weighted by atomic mass is 32.2. The molecule has 7 heteroatoms. The van der Waals surface area contributed by atoms with Crippen LogP contribution in [0.25, 0.3) is 0 Å². The van der Waals surface area contributed by atoms with Crippen molar-refractivity contribution >= 4 is 35.0 Å². The number of benzene rings is 2. The highest BCUT2D eigenvalue weighted by molar-refractivity contribution is 8.00. The van der Waals surface area contributed by atoms with Crippen LogP contribution in [0.3, 0.4) is 0 Å². The lowest BCUT2D eigenvalue weighted by Crippen LogP contribution is -2.14. The quantitative estimate of drug-likeness (QED) is 0.592. The molecule has 3 aromatic rings. The summed E-state index contributed by atoms with van der Waals surface area (Å²) in [4.78, 5) is 29.1. The van der Waals surface area contributed by atoms with Crippen LogP contribution in [-0.4, -0.2) is 29.7 Å². The maximum Gasteiger partial charge on any atom is 0.255 e. The Hall–Kier alpha value is -3.32. The molecule has 0 saturated carbocycles. The van der Waals surface area contributed by atoms with Crippen molar-refractivity contribution in [3.05, 3.63) is 78.6 Å². The smallest absolute Gasteiger partial charge is 0.255 e. The van der Waals surface area contributed by atoms with E-state index in [1.807, 2.05) is 24.3 Å².